The van der Waals surface area contributed by atoms with Gasteiger partial charge < -0.3 is 14.6 Å². The van der Waals surface area contributed by atoms with E-state index in [0.29, 0.717) is 5.75 Å². The van der Waals surface area contributed by atoms with Crippen LogP contribution in [0.25, 0.3) is 0 Å². The first-order valence-electron chi connectivity index (χ1n) is 5.07. The molecule has 0 heterocycles. The van der Waals surface area contributed by atoms with Crippen molar-refractivity contribution in [3.63, 3.8) is 0 Å². The van der Waals surface area contributed by atoms with Gasteiger partial charge in [0.2, 0.25) is 0 Å². The van der Waals surface area contributed by atoms with Gasteiger partial charge >= 0.3 is 0 Å². The van der Waals surface area contributed by atoms with Gasteiger partial charge in [-0.3, -0.25) is 0 Å². The van der Waals surface area contributed by atoms with Crippen LogP contribution in [0.2, 0.25) is 0 Å². The molecule has 0 aliphatic rings. The van der Waals surface area contributed by atoms with Crippen LogP contribution in [0.5, 0.6) is 11.5 Å². The highest BCUT2D eigenvalue weighted by Gasteiger charge is 2.15. The van der Waals surface area contributed by atoms with Gasteiger partial charge in [-0.1, -0.05) is 13.0 Å². The van der Waals surface area contributed by atoms with Crippen LogP contribution >= 0.6 is 0 Å². The number of rotatable bonds is 4. The molecular formula is C12H18O3. The molecule has 0 aliphatic heterocycles. The van der Waals surface area contributed by atoms with Crippen LogP contribution in [-0.4, -0.2) is 19.3 Å². The third-order valence-corrected chi connectivity index (χ3v) is 2.49. The van der Waals surface area contributed by atoms with Crippen LogP contribution in [0.15, 0.2) is 12.1 Å². The molecule has 0 saturated carbocycles. The Kier molecular flexibility index (Phi) is 3.97. The molecule has 0 spiro atoms. The van der Waals surface area contributed by atoms with Crippen LogP contribution in [0.1, 0.15) is 31.1 Å². The second-order valence-corrected chi connectivity index (χ2v) is 3.40. The summed E-state index contributed by atoms with van der Waals surface area (Å²) in [5.41, 5.74) is 1.90. The lowest BCUT2D eigenvalue weighted by Crippen LogP contribution is -2.02. The Morgan fingerprint density at radius 2 is 1.93 bits per heavy atom. The van der Waals surface area contributed by atoms with E-state index < -0.39 is 6.10 Å². The molecule has 0 aliphatic carbocycles. The Morgan fingerprint density at radius 3 is 2.33 bits per heavy atom. The molecule has 3 heteroatoms. The Labute approximate surface area is 90.6 Å². The minimum Gasteiger partial charge on any atom is -0.493 e. The topological polar surface area (TPSA) is 38.7 Å². The summed E-state index contributed by atoms with van der Waals surface area (Å²) >= 11 is 0. The van der Waals surface area contributed by atoms with Crippen molar-refractivity contribution < 1.29 is 14.6 Å². The number of aliphatic hydroxyl groups is 1. The lowest BCUT2D eigenvalue weighted by Gasteiger charge is -2.17. The van der Waals surface area contributed by atoms with Crippen LogP contribution in [0.4, 0.5) is 0 Å². The molecule has 1 rings (SSSR count). The van der Waals surface area contributed by atoms with Crippen molar-refractivity contribution in [3.05, 3.63) is 23.3 Å². The second-order valence-electron chi connectivity index (χ2n) is 3.40. The molecule has 0 bridgehead atoms. The van der Waals surface area contributed by atoms with Crippen molar-refractivity contribution in [2.75, 3.05) is 14.2 Å². The zero-order valence-electron chi connectivity index (χ0n) is 9.70. The van der Waals surface area contributed by atoms with E-state index in [1.165, 1.54) is 0 Å². The summed E-state index contributed by atoms with van der Waals surface area (Å²) in [6.45, 7) is 3.78. The zero-order chi connectivity index (χ0) is 11.4. The SMILES string of the molecule is CCc1c(C(C)O)ccc(OC)c1OC. The molecule has 0 radical (unpaired) electrons. The Balaban J connectivity index is 3.34. The largest absolute Gasteiger partial charge is 0.493 e. The highest BCUT2D eigenvalue weighted by molar-refractivity contribution is 5.51. The number of ether oxygens (including phenoxy) is 2. The van der Waals surface area contributed by atoms with E-state index in [2.05, 4.69) is 0 Å². The van der Waals surface area contributed by atoms with Crippen molar-refractivity contribution in [1.82, 2.24) is 0 Å². The van der Waals surface area contributed by atoms with Crippen LogP contribution in [0, 0.1) is 0 Å². The van der Waals surface area contributed by atoms with Gasteiger partial charge in [-0.15, -0.1) is 0 Å². The van der Waals surface area contributed by atoms with Gasteiger partial charge in [-0.25, -0.2) is 0 Å². The van der Waals surface area contributed by atoms with Crippen molar-refractivity contribution >= 4 is 0 Å². The maximum Gasteiger partial charge on any atom is 0.164 e. The Morgan fingerprint density at radius 1 is 1.27 bits per heavy atom. The first kappa shape index (κ1) is 11.9. The molecule has 3 nitrogen and oxygen atoms in total. The average Bonchev–Trinajstić information content (AvgIpc) is 2.26. The molecule has 1 atom stereocenters. The molecular weight excluding hydrogens is 192 g/mol. The monoisotopic (exact) mass is 210 g/mol. The highest BCUT2D eigenvalue weighted by Crippen LogP contribution is 2.35. The fourth-order valence-corrected chi connectivity index (χ4v) is 1.76. The molecule has 0 fully saturated rings. The van der Waals surface area contributed by atoms with E-state index in [0.717, 1.165) is 23.3 Å². The fraction of sp³-hybridized carbons (Fsp3) is 0.500. The number of aliphatic hydroxyl groups excluding tert-OH is 1. The molecule has 15 heavy (non-hydrogen) atoms. The van der Waals surface area contributed by atoms with E-state index in [1.54, 1.807) is 21.1 Å². The van der Waals surface area contributed by atoms with E-state index in [-0.39, 0.29) is 0 Å². The van der Waals surface area contributed by atoms with Crippen LogP contribution < -0.4 is 9.47 Å². The van der Waals surface area contributed by atoms with Gasteiger partial charge in [0, 0.05) is 5.56 Å². The van der Waals surface area contributed by atoms with Gasteiger partial charge in [0.25, 0.3) is 0 Å². The van der Waals surface area contributed by atoms with E-state index in [9.17, 15) is 5.11 Å². The number of hydrogen-bond acceptors (Lipinski definition) is 3. The summed E-state index contributed by atoms with van der Waals surface area (Å²) in [6, 6.07) is 3.70. The predicted molar refractivity (Wildman–Crippen MR) is 59.6 cm³/mol. The van der Waals surface area contributed by atoms with Crippen molar-refractivity contribution in [1.29, 1.82) is 0 Å². The van der Waals surface area contributed by atoms with Gasteiger partial charge in [0.05, 0.1) is 20.3 Å². The summed E-state index contributed by atoms with van der Waals surface area (Å²) in [5.74, 6) is 1.43. The molecule has 0 aromatic heterocycles. The maximum absolute atomic E-state index is 9.62. The molecule has 1 aromatic carbocycles. The predicted octanol–water partition coefficient (Wildman–Crippen LogP) is 2.32. The van der Waals surface area contributed by atoms with Gasteiger partial charge in [0.1, 0.15) is 0 Å². The molecule has 1 aromatic rings. The first-order chi connectivity index (χ1) is 7.15. The number of hydrogen-bond donors (Lipinski definition) is 1. The van der Waals surface area contributed by atoms with Gasteiger partial charge in [0.15, 0.2) is 11.5 Å². The molecule has 0 amide bonds. The second kappa shape index (κ2) is 5.03. The van der Waals surface area contributed by atoms with Gasteiger partial charge in [-0.2, -0.15) is 0 Å². The Bertz CT molecular complexity index is 332. The zero-order valence-corrected chi connectivity index (χ0v) is 9.70. The normalized spacial score (nSPS) is 12.3. The summed E-state index contributed by atoms with van der Waals surface area (Å²) in [5, 5.41) is 9.62. The van der Waals surface area contributed by atoms with Crippen molar-refractivity contribution in [2.45, 2.75) is 26.4 Å². The average molecular weight is 210 g/mol. The Hall–Kier alpha value is -1.22. The third-order valence-electron chi connectivity index (χ3n) is 2.49. The highest BCUT2D eigenvalue weighted by atomic mass is 16.5. The first-order valence-corrected chi connectivity index (χ1v) is 5.07. The van der Waals surface area contributed by atoms with E-state index in [1.807, 2.05) is 19.1 Å². The van der Waals surface area contributed by atoms with E-state index >= 15 is 0 Å². The fourth-order valence-electron chi connectivity index (χ4n) is 1.76. The quantitative estimate of drug-likeness (QED) is 0.828. The lowest BCUT2D eigenvalue weighted by molar-refractivity contribution is 0.197. The van der Waals surface area contributed by atoms with Crippen LogP contribution in [0.3, 0.4) is 0 Å². The molecule has 1 unspecified atom stereocenters. The molecule has 0 saturated heterocycles. The summed E-state index contributed by atoms with van der Waals surface area (Å²) < 4.78 is 10.5. The number of benzene rings is 1. The minimum absolute atomic E-state index is 0.486. The number of methoxy groups -OCH3 is 2. The minimum atomic E-state index is -0.486. The summed E-state index contributed by atoms with van der Waals surface area (Å²) in [7, 11) is 3.22. The van der Waals surface area contributed by atoms with Crippen molar-refractivity contribution in [3.8, 4) is 11.5 Å². The summed E-state index contributed by atoms with van der Waals surface area (Å²) in [4.78, 5) is 0. The van der Waals surface area contributed by atoms with Gasteiger partial charge in [-0.05, 0) is 25.0 Å². The van der Waals surface area contributed by atoms with Crippen molar-refractivity contribution in [2.24, 2.45) is 0 Å². The van der Waals surface area contributed by atoms with E-state index in [4.69, 9.17) is 9.47 Å². The smallest absolute Gasteiger partial charge is 0.164 e. The lowest BCUT2D eigenvalue weighted by atomic mass is 9.99. The summed E-state index contributed by atoms with van der Waals surface area (Å²) in [6.07, 6.45) is 0.320. The molecule has 1 N–H and O–H groups in total. The molecule has 84 valence electrons. The standard InChI is InChI=1S/C12H18O3/c1-5-9-10(8(2)13)6-7-11(14-3)12(9)15-4/h6-8,13H,5H2,1-4H3. The third kappa shape index (κ3) is 2.23. The van der Waals surface area contributed by atoms with Crippen LogP contribution in [-0.2, 0) is 6.42 Å². The maximum atomic E-state index is 9.62.